The van der Waals surface area contributed by atoms with Crippen molar-refractivity contribution in [3.63, 3.8) is 0 Å². The van der Waals surface area contributed by atoms with Gasteiger partial charge in [0.15, 0.2) is 0 Å². The van der Waals surface area contributed by atoms with Crippen LogP contribution in [-0.4, -0.2) is 22.8 Å². The van der Waals surface area contributed by atoms with E-state index in [0.29, 0.717) is 10.7 Å². The van der Waals surface area contributed by atoms with Gasteiger partial charge in [-0.1, -0.05) is 30.3 Å². The third kappa shape index (κ3) is 3.36. The Labute approximate surface area is 144 Å². The van der Waals surface area contributed by atoms with Crippen LogP contribution in [0.2, 0.25) is 0 Å². The predicted molar refractivity (Wildman–Crippen MR) is 94.5 cm³/mol. The average molecular weight is 340 g/mol. The Morgan fingerprint density at radius 1 is 1.12 bits per heavy atom. The Hall–Kier alpha value is -2.53. The number of rotatable bonds is 4. The molecule has 0 N–H and O–H groups in total. The molecule has 2 aromatic carbocycles. The fraction of sp³-hybridized carbons (Fsp3) is 0.158. The number of hydrogen-bond acceptors (Lipinski definition) is 3. The van der Waals surface area contributed by atoms with Crippen LogP contribution in [0.1, 0.15) is 29.0 Å². The Bertz CT molecular complexity index is 830. The number of hydrogen-bond donors (Lipinski definition) is 0. The van der Waals surface area contributed by atoms with Gasteiger partial charge in [0.05, 0.1) is 6.04 Å². The standard InChI is InChI=1S/C19H17FN2OS/c1-13(14-6-4-3-5-7-14)22(2)19(23)17-12-24-18(21-17)15-8-10-16(20)11-9-15/h3-13H,1-2H3. The van der Waals surface area contributed by atoms with Gasteiger partial charge in [0, 0.05) is 18.0 Å². The molecule has 3 aromatic rings. The molecule has 1 atom stereocenters. The zero-order valence-corrected chi connectivity index (χ0v) is 14.3. The summed E-state index contributed by atoms with van der Waals surface area (Å²) in [5.74, 6) is -0.418. The molecule has 3 nitrogen and oxygen atoms in total. The van der Waals surface area contributed by atoms with Crippen molar-refractivity contribution in [2.45, 2.75) is 13.0 Å². The van der Waals surface area contributed by atoms with Crippen molar-refractivity contribution in [2.75, 3.05) is 7.05 Å². The summed E-state index contributed by atoms with van der Waals surface area (Å²) >= 11 is 1.38. The highest BCUT2D eigenvalue weighted by Gasteiger charge is 2.21. The van der Waals surface area contributed by atoms with Gasteiger partial charge in [-0.15, -0.1) is 11.3 Å². The molecule has 0 aliphatic heterocycles. The Morgan fingerprint density at radius 3 is 2.46 bits per heavy atom. The molecule has 1 heterocycles. The van der Waals surface area contributed by atoms with Gasteiger partial charge < -0.3 is 4.90 Å². The van der Waals surface area contributed by atoms with Crippen LogP contribution >= 0.6 is 11.3 Å². The second-order valence-electron chi connectivity index (χ2n) is 5.55. The van der Waals surface area contributed by atoms with Gasteiger partial charge in [0.2, 0.25) is 0 Å². The van der Waals surface area contributed by atoms with Crippen molar-refractivity contribution in [1.29, 1.82) is 0 Å². The first-order valence-electron chi connectivity index (χ1n) is 7.60. The van der Waals surface area contributed by atoms with Crippen molar-refractivity contribution >= 4 is 17.2 Å². The van der Waals surface area contributed by atoms with E-state index in [1.807, 2.05) is 37.3 Å². The van der Waals surface area contributed by atoms with Gasteiger partial charge in [-0.2, -0.15) is 0 Å². The van der Waals surface area contributed by atoms with Crippen molar-refractivity contribution in [3.8, 4) is 10.6 Å². The normalized spacial score (nSPS) is 12.0. The van der Waals surface area contributed by atoms with Crippen molar-refractivity contribution in [1.82, 2.24) is 9.88 Å². The van der Waals surface area contributed by atoms with Crippen LogP contribution in [-0.2, 0) is 0 Å². The van der Waals surface area contributed by atoms with Crippen molar-refractivity contribution < 1.29 is 9.18 Å². The van der Waals surface area contributed by atoms with Crippen LogP contribution in [0, 0.1) is 5.82 Å². The highest BCUT2D eigenvalue weighted by molar-refractivity contribution is 7.13. The van der Waals surface area contributed by atoms with Gasteiger partial charge in [0.25, 0.3) is 5.91 Å². The fourth-order valence-corrected chi connectivity index (χ4v) is 3.21. The molecule has 5 heteroatoms. The molecular weight excluding hydrogens is 323 g/mol. The Balaban J connectivity index is 1.79. The van der Waals surface area contributed by atoms with Gasteiger partial charge >= 0.3 is 0 Å². The van der Waals surface area contributed by atoms with E-state index < -0.39 is 0 Å². The molecule has 1 aromatic heterocycles. The summed E-state index contributed by atoms with van der Waals surface area (Å²) in [6, 6.07) is 15.9. The minimum absolute atomic E-state index is 0.0466. The van der Waals surface area contributed by atoms with E-state index in [1.165, 1.54) is 23.5 Å². The van der Waals surface area contributed by atoms with Gasteiger partial charge in [0.1, 0.15) is 16.5 Å². The number of aromatic nitrogens is 1. The smallest absolute Gasteiger partial charge is 0.273 e. The number of amides is 1. The zero-order chi connectivity index (χ0) is 17.1. The quantitative estimate of drug-likeness (QED) is 0.684. The summed E-state index contributed by atoms with van der Waals surface area (Å²) < 4.78 is 13.0. The van der Waals surface area contributed by atoms with Crippen molar-refractivity contribution in [3.05, 3.63) is 77.1 Å². The van der Waals surface area contributed by atoms with E-state index in [4.69, 9.17) is 0 Å². The number of benzene rings is 2. The Kier molecular flexibility index (Phi) is 4.71. The lowest BCUT2D eigenvalue weighted by Gasteiger charge is -2.24. The maximum Gasteiger partial charge on any atom is 0.273 e. The zero-order valence-electron chi connectivity index (χ0n) is 13.4. The maximum atomic E-state index is 13.0. The number of halogens is 1. The van der Waals surface area contributed by atoms with E-state index in [9.17, 15) is 9.18 Å². The second-order valence-corrected chi connectivity index (χ2v) is 6.41. The monoisotopic (exact) mass is 340 g/mol. The van der Waals surface area contributed by atoms with E-state index in [2.05, 4.69) is 4.98 Å². The van der Waals surface area contributed by atoms with Gasteiger partial charge in [-0.05, 0) is 36.8 Å². The predicted octanol–water partition coefficient (Wildman–Crippen LogP) is 4.78. The molecule has 0 saturated heterocycles. The molecule has 0 spiro atoms. The third-order valence-corrected chi connectivity index (χ3v) is 4.89. The summed E-state index contributed by atoms with van der Waals surface area (Å²) in [6.07, 6.45) is 0. The molecule has 0 aliphatic carbocycles. The minimum atomic E-state index is -0.289. The highest BCUT2D eigenvalue weighted by atomic mass is 32.1. The lowest BCUT2D eigenvalue weighted by molar-refractivity contribution is 0.0737. The van der Waals surface area contributed by atoms with Crippen LogP contribution in [0.4, 0.5) is 4.39 Å². The van der Waals surface area contributed by atoms with E-state index >= 15 is 0 Å². The Morgan fingerprint density at radius 2 is 1.79 bits per heavy atom. The summed E-state index contributed by atoms with van der Waals surface area (Å²) in [5, 5.41) is 2.45. The number of nitrogens with zero attached hydrogens (tertiary/aromatic N) is 2. The molecule has 0 bridgehead atoms. The van der Waals surface area contributed by atoms with E-state index in [-0.39, 0.29) is 17.8 Å². The van der Waals surface area contributed by atoms with Gasteiger partial charge in [-0.3, -0.25) is 4.79 Å². The van der Waals surface area contributed by atoms with Crippen LogP contribution in [0.5, 0.6) is 0 Å². The van der Waals surface area contributed by atoms with Gasteiger partial charge in [-0.25, -0.2) is 9.37 Å². The molecule has 0 radical (unpaired) electrons. The first kappa shape index (κ1) is 16.3. The topological polar surface area (TPSA) is 33.2 Å². The number of thiazole rings is 1. The fourth-order valence-electron chi connectivity index (χ4n) is 2.41. The molecule has 122 valence electrons. The molecule has 0 aliphatic rings. The van der Waals surface area contributed by atoms with Crippen LogP contribution in [0.15, 0.2) is 60.0 Å². The molecule has 1 amide bonds. The van der Waals surface area contributed by atoms with E-state index in [1.54, 1.807) is 29.5 Å². The molecule has 24 heavy (non-hydrogen) atoms. The largest absolute Gasteiger partial charge is 0.334 e. The van der Waals surface area contributed by atoms with Crippen LogP contribution in [0.3, 0.4) is 0 Å². The third-order valence-electron chi connectivity index (χ3n) is 4.00. The molecule has 1 unspecified atom stereocenters. The first-order valence-corrected chi connectivity index (χ1v) is 8.48. The summed E-state index contributed by atoms with van der Waals surface area (Å²) in [6.45, 7) is 1.99. The maximum absolute atomic E-state index is 13.0. The molecule has 3 rings (SSSR count). The second kappa shape index (κ2) is 6.93. The number of carbonyl (C=O) groups excluding carboxylic acids is 1. The molecular formula is C19H17FN2OS. The first-order chi connectivity index (χ1) is 11.6. The average Bonchev–Trinajstić information content (AvgIpc) is 3.11. The SMILES string of the molecule is CC(c1ccccc1)N(C)C(=O)c1csc(-c2ccc(F)cc2)n1. The highest BCUT2D eigenvalue weighted by Crippen LogP contribution is 2.26. The van der Waals surface area contributed by atoms with E-state index in [0.717, 1.165) is 11.1 Å². The number of carbonyl (C=O) groups is 1. The molecule has 0 saturated carbocycles. The minimum Gasteiger partial charge on any atom is -0.334 e. The van der Waals surface area contributed by atoms with Crippen LogP contribution < -0.4 is 0 Å². The summed E-state index contributed by atoms with van der Waals surface area (Å²) in [5.41, 5.74) is 2.28. The summed E-state index contributed by atoms with van der Waals surface area (Å²) in [7, 11) is 1.77. The summed E-state index contributed by atoms with van der Waals surface area (Å²) in [4.78, 5) is 18.8. The lowest BCUT2D eigenvalue weighted by atomic mass is 10.1. The lowest BCUT2D eigenvalue weighted by Crippen LogP contribution is -2.29. The van der Waals surface area contributed by atoms with Crippen LogP contribution in [0.25, 0.3) is 10.6 Å². The molecule has 0 fully saturated rings. The van der Waals surface area contributed by atoms with Crippen molar-refractivity contribution in [2.24, 2.45) is 0 Å².